The van der Waals surface area contributed by atoms with Crippen LogP contribution in [0.1, 0.15) is 10.4 Å². The molecule has 0 saturated carbocycles. The van der Waals surface area contributed by atoms with Gasteiger partial charge in [-0.2, -0.15) is 0 Å². The number of benzene rings is 2. The van der Waals surface area contributed by atoms with Crippen molar-refractivity contribution in [1.82, 2.24) is 0 Å². The third kappa shape index (κ3) is 4.45. The van der Waals surface area contributed by atoms with Crippen molar-refractivity contribution >= 4 is 40.8 Å². The lowest BCUT2D eigenvalue weighted by molar-refractivity contribution is -0.140. The van der Waals surface area contributed by atoms with Gasteiger partial charge in [-0.3, -0.25) is 4.79 Å². The summed E-state index contributed by atoms with van der Waals surface area (Å²) in [6.45, 7) is -0.0800. The Balaban J connectivity index is 1.94. The number of nitrogens with zero attached hydrogens (tertiary/aromatic N) is 1. The Morgan fingerprint density at radius 3 is 2.47 bits per heavy atom. The second-order valence-electron chi connectivity index (χ2n) is 6.20. The highest BCUT2D eigenvalue weighted by molar-refractivity contribution is 6.34. The van der Waals surface area contributed by atoms with Crippen molar-refractivity contribution in [2.75, 3.05) is 37.8 Å². The first kappa shape index (κ1) is 21.4. The number of methoxy groups -OCH3 is 2. The largest absolute Gasteiger partial charge is 0.466 e. The number of hydrogen-bond donors (Lipinski definition) is 1. The zero-order valence-corrected chi connectivity index (χ0v) is 17.1. The Hall–Kier alpha value is -3.36. The summed E-state index contributed by atoms with van der Waals surface area (Å²) < 4.78 is 15.1. The minimum absolute atomic E-state index is 0.00679. The molecule has 156 valence electrons. The molecule has 0 unspecified atom stereocenters. The third-order valence-corrected chi connectivity index (χ3v) is 4.70. The highest BCUT2D eigenvalue weighted by Gasteiger charge is 2.32. The van der Waals surface area contributed by atoms with E-state index in [1.54, 1.807) is 48.5 Å². The Bertz CT molecular complexity index is 1020. The highest BCUT2D eigenvalue weighted by atomic mass is 35.5. The first-order chi connectivity index (χ1) is 14.5. The van der Waals surface area contributed by atoms with Crippen LogP contribution in [0.2, 0.25) is 5.02 Å². The fraction of sp³-hybridized carbons (Fsp3) is 0.190. The van der Waals surface area contributed by atoms with Gasteiger partial charge in [-0.15, -0.1) is 0 Å². The Labute approximate surface area is 178 Å². The Morgan fingerprint density at radius 2 is 1.77 bits per heavy atom. The minimum Gasteiger partial charge on any atom is -0.466 e. The molecule has 1 aliphatic heterocycles. The van der Waals surface area contributed by atoms with E-state index in [1.807, 2.05) is 0 Å². The fourth-order valence-corrected chi connectivity index (χ4v) is 3.16. The molecule has 1 heterocycles. The van der Waals surface area contributed by atoms with Gasteiger partial charge in [0.25, 0.3) is 5.91 Å². The van der Waals surface area contributed by atoms with Crippen LogP contribution >= 0.6 is 11.6 Å². The molecule has 3 rings (SSSR count). The number of carbonyl (C=O) groups is 3. The van der Waals surface area contributed by atoms with E-state index in [1.165, 1.54) is 19.1 Å². The Kier molecular flexibility index (Phi) is 6.71. The molecule has 2 aromatic carbocycles. The molecule has 8 nitrogen and oxygen atoms in total. The van der Waals surface area contributed by atoms with Gasteiger partial charge in [-0.25, -0.2) is 9.59 Å². The summed E-state index contributed by atoms with van der Waals surface area (Å²) in [7, 11) is 2.44. The highest BCUT2D eigenvalue weighted by Crippen LogP contribution is 2.29. The number of carbonyl (C=O) groups excluding carboxylic acids is 3. The summed E-state index contributed by atoms with van der Waals surface area (Å²) in [5.41, 5.74) is 1.36. The number of ether oxygens (including phenoxy) is 3. The standard InChI is InChI=1S/C21H19ClN2O6/c1-28-20(26)16-11-30-12-24(18(16)21(27)29-2)14-7-5-6-13(10-14)23-19(25)15-8-3-4-9-17(15)22/h3-10H,11-12H2,1-2H3,(H,23,25). The molecule has 9 heteroatoms. The van der Waals surface area contributed by atoms with Gasteiger partial charge in [0, 0.05) is 11.4 Å². The number of esters is 2. The molecule has 0 bridgehead atoms. The molecule has 2 aromatic rings. The van der Waals surface area contributed by atoms with Crippen molar-refractivity contribution in [3.05, 3.63) is 70.4 Å². The van der Waals surface area contributed by atoms with Crippen molar-refractivity contribution in [3.8, 4) is 0 Å². The van der Waals surface area contributed by atoms with Crippen LogP contribution in [0.25, 0.3) is 0 Å². The molecule has 0 aromatic heterocycles. The van der Waals surface area contributed by atoms with E-state index in [2.05, 4.69) is 5.32 Å². The van der Waals surface area contributed by atoms with Crippen LogP contribution < -0.4 is 10.2 Å². The molecule has 1 N–H and O–H groups in total. The normalized spacial score (nSPS) is 13.6. The smallest absolute Gasteiger partial charge is 0.355 e. The molecule has 0 aliphatic carbocycles. The Morgan fingerprint density at radius 1 is 1.03 bits per heavy atom. The van der Waals surface area contributed by atoms with Crippen LogP contribution in [0.15, 0.2) is 59.8 Å². The van der Waals surface area contributed by atoms with Gasteiger partial charge in [0.05, 0.1) is 37.0 Å². The van der Waals surface area contributed by atoms with Gasteiger partial charge < -0.3 is 24.4 Å². The van der Waals surface area contributed by atoms with Crippen LogP contribution in [-0.4, -0.2) is 45.4 Å². The zero-order chi connectivity index (χ0) is 21.7. The molecule has 0 fully saturated rings. The average Bonchev–Trinajstić information content (AvgIpc) is 2.77. The maximum Gasteiger partial charge on any atom is 0.355 e. The maximum atomic E-state index is 12.5. The quantitative estimate of drug-likeness (QED) is 0.728. The molecule has 0 saturated heterocycles. The van der Waals surface area contributed by atoms with Gasteiger partial charge >= 0.3 is 11.9 Å². The van der Waals surface area contributed by atoms with E-state index < -0.39 is 11.9 Å². The summed E-state index contributed by atoms with van der Waals surface area (Å²) in [5.74, 6) is -1.78. The second kappa shape index (κ2) is 9.43. The lowest BCUT2D eigenvalue weighted by Gasteiger charge is -2.31. The number of hydrogen-bond acceptors (Lipinski definition) is 7. The number of amides is 1. The monoisotopic (exact) mass is 430 g/mol. The van der Waals surface area contributed by atoms with Gasteiger partial charge in [0.2, 0.25) is 0 Å². The third-order valence-electron chi connectivity index (χ3n) is 4.37. The lowest BCUT2D eigenvalue weighted by atomic mass is 10.1. The summed E-state index contributed by atoms with van der Waals surface area (Å²) in [6, 6.07) is 13.4. The van der Waals surface area contributed by atoms with Crippen LogP contribution in [0.4, 0.5) is 11.4 Å². The fourth-order valence-electron chi connectivity index (χ4n) is 2.94. The van der Waals surface area contributed by atoms with Crippen LogP contribution in [-0.2, 0) is 23.8 Å². The molecule has 0 atom stereocenters. The van der Waals surface area contributed by atoms with Crippen LogP contribution in [0, 0.1) is 0 Å². The minimum atomic E-state index is -0.704. The van der Waals surface area contributed by atoms with Crippen LogP contribution in [0.5, 0.6) is 0 Å². The molecule has 0 radical (unpaired) electrons. The van der Waals surface area contributed by atoms with Gasteiger partial charge in [0.1, 0.15) is 12.4 Å². The van der Waals surface area contributed by atoms with Gasteiger partial charge in [-0.1, -0.05) is 29.8 Å². The molecule has 1 aliphatic rings. The first-order valence-corrected chi connectivity index (χ1v) is 9.25. The topological polar surface area (TPSA) is 94.2 Å². The van der Waals surface area contributed by atoms with Crippen molar-refractivity contribution < 1.29 is 28.6 Å². The molecule has 1 amide bonds. The van der Waals surface area contributed by atoms with E-state index in [-0.39, 0.29) is 30.5 Å². The summed E-state index contributed by atoms with van der Waals surface area (Å²) in [4.78, 5) is 38.5. The van der Waals surface area contributed by atoms with E-state index >= 15 is 0 Å². The summed E-state index contributed by atoms with van der Waals surface area (Å²) >= 11 is 6.08. The van der Waals surface area contributed by atoms with E-state index in [0.717, 1.165) is 0 Å². The van der Waals surface area contributed by atoms with Crippen molar-refractivity contribution in [3.63, 3.8) is 0 Å². The molecular formula is C21H19ClN2O6. The summed E-state index contributed by atoms with van der Waals surface area (Å²) in [5, 5.41) is 3.09. The van der Waals surface area contributed by atoms with E-state index in [4.69, 9.17) is 25.8 Å². The lowest BCUT2D eigenvalue weighted by Crippen LogP contribution is -2.38. The molecule has 0 spiro atoms. The SMILES string of the molecule is COC(=O)C1=C(C(=O)OC)N(c2cccc(NC(=O)c3ccccc3Cl)c2)COC1. The second-order valence-corrected chi connectivity index (χ2v) is 6.61. The van der Waals surface area contributed by atoms with E-state index in [9.17, 15) is 14.4 Å². The molecular weight excluding hydrogens is 412 g/mol. The number of anilines is 2. The number of nitrogens with one attached hydrogen (secondary N) is 1. The van der Waals surface area contributed by atoms with Crippen molar-refractivity contribution in [2.45, 2.75) is 0 Å². The van der Waals surface area contributed by atoms with Crippen molar-refractivity contribution in [2.24, 2.45) is 0 Å². The predicted molar refractivity (Wildman–Crippen MR) is 110 cm³/mol. The zero-order valence-electron chi connectivity index (χ0n) is 16.3. The van der Waals surface area contributed by atoms with Gasteiger partial charge in [-0.05, 0) is 30.3 Å². The predicted octanol–water partition coefficient (Wildman–Crippen LogP) is 2.99. The summed E-state index contributed by atoms with van der Waals surface area (Å²) in [6.07, 6.45) is 0. The van der Waals surface area contributed by atoms with E-state index in [0.29, 0.717) is 22.0 Å². The first-order valence-electron chi connectivity index (χ1n) is 8.87. The van der Waals surface area contributed by atoms with Crippen molar-refractivity contribution in [1.29, 1.82) is 0 Å². The molecule has 30 heavy (non-hydrogen) atoms. The number of rotatable bonds is 5. The maximum absolute atomic E-state index is 12.5. The average molecular weight is 431 g/mol. The van der Waals surface area contributed by atoms with Gasteiger partial charge in [0.15, 0.2) is 0 Å². The number of halogens is 1. The van der Waals surface area contributed by atoms with Crippen LogP contribution in [0.3, 0.4) is 0 Å².